The van der Waals surface area contributed by atoms with Gasteiger partial charge in [-0.3, -0.25) is 4.79 Å². The van der Waals surface area contributed by atoms with Crippen molar-refractivity contribution in [2.24, 2.45) is 33.8 Å². The summed E-state index contributed by atoms with van der Waals surface area (Å²) < 4.78 is 0. The Balaban J connectivity index is 1.41. The Bertz CT molecular complexity index is 838. The van der Waals surface area contributed by atoms with E-state index in [4.69, 9.17) is 5.73 Å². The van der Waals surface area contributed by atoms with Crippen LogP contribution in [0.2, 0.25) is 0 Å². The Kier molecular flexibility index (Phi) is 3.26. The summed E-state index contributed by atoms with van der Waals surface area (Å²) >= 11 is 0. The smallest absolute Gasteiger partial charge is 0.228 e. The minimum absolute atomic E-state index is 0.117. The maximum atomic E-state index is 14.0. The van der Waals surface area contributed by atoms with E-state index in [2.05, 4.69) is 49.1 Å². The highest BCUT2D eigenvalue weighted by atomic mass is 16.2. The Morgan fingerprint density at radius 2 is 1.89 bits per heavy atom. The van der Waals surface area contributed by atoms with Gasteiger partial charge >= 0.3 is 0 Å². The molecule has 1 spiro atoms. The first-order valence-corrected chi connectivity index (χ1v) is 11.4. The SMILES string of the molecule is CC1CN(C(=O)C23CC4CC5(C2)[C@](C)(C4)C[C@@]5(c2ccccc2)C3)CCC1N. The molecule has 0 radical (unpaired) electrons. The molecule has 1 saturated heterocycles. The molecule has 0 aromatic heterocycles. The van der Waals surface area contributed by atoms with E-state index in [1.165, 1.54) is 24.8 Å². The number of piperidine rings is 1. The molecule has 3 nitrogen and oxygen atoms in total. The van der Waals surface area contributed by atoms with Crippen LogP contribution >= 0.6 is 0 Å². The average molecular weight is 379 g/mol. The maximum absolute atomic E-state index is 14.0. The van der Waals surface area contributed by atoms with Gasteiger partial charge in [0.25, 0.3) is 0 Å². The molecule has 1 aromatic rings. The van der Waals surface area contributed by atoms with Crippen LogP contribution in [0, 0.1) is 28.1 Å². The lowest BCUT2D eigenvalue weighted by molar-refractivity contribution is -0.147. The number of rotatable bonds is 2. The Morgan fingerprint density at radius 3 is 2.64 bits per heavy atom. The quantitative estimate of drug-likeness (QED) is 0.842. The molecule has 1 amide bonds. The summed E-state index contributed by atoms with van der Waals surface area (Å²) in [5, 5.41) is 0. The lowest BCUT2D eigenvalue weighted by Gasteiger charge is -2.66. The van der Waals surface area contributed by atoms with Gasteiger partial charge < -0.3 is 10.6 Å². The van der Waals surface area contributed by atoms with Gasteiger partial charge in [-0.05, 0) is 73.2 Å². The minimum Gasteiger partial charge on any atom is -0.342 e. The summed E-state index contributed by atoms with van der Waals surface area (Å²) in [6.07, 6.45) is 8.31. The fourth-order valence-electron chi connectivity index (χ4n) is 9.29. The molecule has 6 rings (SSSR count). The van der Waals surface area contributed by atoms with Crippen LogP contribution in [-0.2, 0) is 10.2 Å². The van der Waals surface area contributed by atoms with Gasteiger partial charge in [0.1, 0.15) is 0 Å². The molecule has 4 aliphatic carbocycles. The van der Waals surface area contributed by atoms with Crippen molar-refractivity contribution in [1.82, 2.24) is 4.90 Å². The second-order valence-electron chi connectivity index (χ2n) is 11.6. The van der Waals surface area contributed by atoms with Gasteiger partial charge in [0.2, 0.25) is 5.91 Å². The van der Waals surface area contributed by atoms with Gasteiger partial charge in [0, 0.05) is 24.5 Å². The molecular weight excluding hydrogens is 344 g/mol. The molecule has 2 N–H and O–H groups in total. The Morgan fingerprint density at radius 1 is 1.11 bits per heavy atom. The van der Waals surface area contributed by atoms with Crippen LogP contribution in [0.3, 0.4) is 0 Å². The van der Waals surface area contributed by atoms with Crippen LogP contribution in [-0.4, -0.2) is 29.9 Å². The molecule has 28 heavy (non-hydrogen) atoms. The number of amides is 1. The molecule has 150 valence electrons. The summed E-state index contributed by atoms with van der Waals surface area (Å²) in [5.41, 5.74) is 8.69. The summed E-state index contributed by atoms with van der Waals surface area (Å²) in [5.74, 6) is 1.64. The monoisotopic (exact) mass is 378 g/mol. The molecule has 5 fully saturated rings. The van der Waals surface area contributed by atoms with Gasteiger partial charge in [-0.15, -0.1) is 0 Å². The molecule has 4 saturated carbocycles. The van der Waals surface area contributed by atoms with Crippen LogP contribution in [0.5, 0.6) is 0 Å². The fourth-order valence-corrected chi connectivity index (χ4v) is 9.29. The zero-order valence-electron chi connectivity index (χ0n) is 17.4. The van der Waals surface area contributed by atoms with Crippen molar-refractivity contribution >= 4 is 5.91 Å². The number of hydrogen-bond donors (Lipinski definition) is 1. The van der Waals surface area contributed by atoms with E-state index < -0.39 is 0 Å². The van der Waals surface area contributed by atoms with Gasteiger partial charge in [-0.1, -0.05) is 44.2 Å². The number of hydrogen-bond acceptors (Lipinski definition) is 2. The first-order chi connectivity index (χ1) is 13.3. The van der Waals surface area contributed by atoms with Crippen molar-refractivity contribution < 1.29 is 4.79 Å². The molecule has 7 atom stereocenters. The zero-order chi connectivity index (χ0) is 19.4. The van der Waals surface area contributed by atoms with Crippen molar-refractivity contribution in [2.75, 3.05) is 13.1 Å². The minimum atomic E-state index is -0.117. The number of fused-ring (bicyclic) bond motifs is 2. The van der Waals surface area contributed by atoms with Crippen LogP contribution in [0.15, 0.2) is 30.3 Å². The van der Waals surface area contributed by atoms with E-state index in [9.17, 15) is 4.79 Å². The van der Waals surface area contributed by atoms with E-state index in [-0.39, 0.29) is 16.9 Å². The standard InChI is InChI=1S/C25H34N2O/c1-17-13-27(9-8-20(17)26)21(28)23-11-18-10-22(2)14-24(15-23,25(22,12-18)16-23)19-6-4-3-5-7-19/h3-7,17-18,20H,8-16,26H2,1-2H3/t17?,18?,20?,22-,23?,24+,25?/m1/s1. The van der Waals surface area contributed by atoms with E-state index in [1.54, 1.807) is 0 Å². The van der Waals surface area contributed by atoms with Crippen LogP contribution < -0.4 is 5.73 Å². The Hall–Kier alpha value is -1.35. The number of carbonyl (C=O) groups is 1. The van der Waals surface area contributed by atoms with Gasteiger partial charge in [0.05, 0.1) is 5.41 Å². The number of carbonyl (C=O) groups excluding carboxylic acids is 1. The summed E-state index contributed by atoms with van der Waals surface area (Å²) in [6.45, 7) is 6.47. The number of nitrogens with two attached hydrogens (primary N) is 1. The lowest BCUT2D eigenvalue weighted by Crippen LogP contribution is -2.61. The maximum Gasteiger partial charge on any atom is 0.228 e. The fraction of sp³-hybridized carbons (Fsp3) is 0.720. The van der Waals surface area contributed by atoms with Crippen molar-refractivity contribution in [3.8, 4) is 0 Å². The second-order valence-corrected chi connectivity index (χ2v) is 11.6. The Labute approximate surface area is 169 Å². The summed E-state index contributed by atoms with van der Waals surface area (Å²) in [6, 6.07) is 11.5. The van der Waals surface area contributed by atoms with E-state index in [0.29, 0.717) is 22.7 Å². The predicted octanol–water partition coefficient (Wildman–Crippen LogP) is 4.11. The van der Waals surface area contributed by atoms with E-state index in [0.717, 1.165) is 44.7 Å². The van der Waals surface area contributed by atoms with E-state index >= 15 is 0 Å². The molecule has 5 unspecified atom stereocenters. The third-order valence-corrected chi connectivity index (χ3v) is 10.1. The largest absolute Gasteiger partial charge is 0.342 e. The first-order valence-electron chi connectivity index (χ1n) is 11.4. The van der Waals surface area contributed by atoms with Crippen molar-refractivity contribution in [1.29, 1.82) is 0 Å². The molecule has 1 aromatic carbocycles. The number of nitrogens with zero attached hydrogens (tertiary/aromatic N) is 1. The van der Waals surface area contributed by atoms with Crippen LogP contribution in [0.4, 0.5) is 0 Å². The summed E-state index contributed by atoms with van der Waals surface area (Å²) in [7, 11) is 0. The molecule has 3 heteroatoms. The number of likely N-dealkylation sites (tertiary alicyclic amines) is 1. The third-order valence-electron chi connectivity index (χ3n) is 10.1. The van der Waals surface area contributed by atoms with Gasteiger partial charge in [-0.25, -0.2) is 0 Å². The average Bonchev–Trinajstić information content (AvgIpc) is 2.97. The molecular formula is C25H34N2O. The predicted molar refractivity (Wildman–Crippen MR) is 111 cm³/mol. The second kappa shape index (κ2) is 5.22. The molecule has 1 heterocycles. The molecule has 1 aliphatic heterocycles. The van der Waals surface area contributed by atoms with Crippen molar-refractivity contribution in [2.45, 2.75) is 70.3 Å². The van der Waals surface area contributed by atoms with Crippen molar-refractivity contribution in [3.05, 3.63) is 35.9 Å². The van der Waals surface area contributed by atoms with Crippen LogP contribution in [0.25, 0.3) is 0 Å². The normalized spacial score (nSPS) is 51.1. The van der Waals surface area contributed by atoms with Gasteiger partial charge in [0.15, 0.2) is 0 Å². The summed E-state index contributed by atoms with van der Waals surface area (Å²) in [4.78, 5) is 16.2. The lowest BCUT2D eigenvalue weighted by atomic mass is 9.38. The first kappa shape index (κ1) is 17.5. The van der Waals surface area contributed by atoms with Crippen LogP contribution in [0.1, 0.15) is 64.4 Å². The third kappa shape index (κ3) is 1.84. The van der Waals surface area contributed by atoms with Gasteiger partial charge in [-0.2, -0.15) is 0 Å². The highest BCUT2D eigenvalue weighted by molar-refractivity contribution is 5.85. The van der Waals surface area contributed by atoms with E-state index in [1.807, 2.05) is 0 Å². The number of benzene rings is 1. The highest BCUT2D eigenvalue weighted by Gasteiger charge is 2.83. The zero-order valence-corrected chi connectivity index (χ0v) is 17.4. The molecule has 3 bridgehead atoms. The highest BCUT2D eigenvalue weighted by Crippen LogP contribution is 2.88. The topological polar surface area (TPSA) is 46.3 Å². The molecule has 5 aliphatic rings. The van der Waals surface area contributed by atoms with Crippen molar-refractivity contribution in [3.63, 3.8) is 0 Å².